The number of aromatic nitrogens is 3. The normalized spacial score (nSPS) is 10.3. The lowest BCUT2D eigenvalue weighted by molar-refractivity contribution is -0.136. The molecule has 0 saturated carbocycles. The van der Waals surface area contributed by atoms with Crippen LogP contribution in [0.1, 0.15) is 6.42 Å². The highest BCUT2D eigenvalue weighted by Crippen LogP contribution is 2.18. The molecule has 1 aromatic carbocycles. The molecule has 1 amide bonds. The van der Waals surface area contributed by atoms with Crippen molar-refractivity contribution in [3.63, 3.8) is 0 Å². The Bertz CT molecular complexity index is 613. The lowest BCUT2D eigenvalue weighted by Crippen LogP contribution is -2.36. The number of nitrogens with zero attached hydrogens (tertiary/aromatic N) is 4. The molecule has 0 unspecified atom stereocenters. The summed E-state index contributed by atoms with van der Waals surface area (Å²) in [6, 6.07) is 6.43. The van der Waals surface area contributed by atoms with Gasteiger partial charge in [0.05, 0.1) is 6.54 Å². The maximum Gasteiger partial charge on any atom is 0.323 e. The zero-order valence-electron chi connectivity index (χ0n) is 11.0. The van der Waals surface area contributed by atoms with Gasteiger partial charge >= 0.3 is 5.97 Å². The number of carbonyl (C=O) groups excluding carboxylic acids is 1. The van der Waals surface area contributed by atoms with Gasteiger partial charge in [0.25, 0.3) is 0 Å². The van der Waals surface area contributed by atoms with Gasteiger partial charge in [0, 0.05) is 17.1 Å². The van der Waals surface area contributed by atoms with Gasteiger partial charge in [-0.1, -0.05) is 11.6 Å². The largest absolute Gasteiger partial charge is 0.480 e. The van der Waals surface area contributed by atoms with Crippen LogP contribution in [0.2, 0.25) is 5.02 Å². The third-order valence-corrected chi connectivity index (χ3v) is 3.01. The van der Waals surface area contributed by atoms with Crippen molar-refractivity contribution in [3.8, 4) is 0 Å². The Morgan fingerprint density at radius 2 is 2.00 bits per heavy atom. The quantitative estimate of drug-likeness (QED) is 0.872. The fourth-order valence-electron chi connectivity index (χ4n) is 1.77. The highest BCUT2D eigenvalue weighted by atomic mass is 35.5. The lowest BCUT2D eigenvalue weighted by Gasteiger charge is -2.21. The van der Waals surface area contributed by atoms with Crippen molar-refractivity contribution in [2.24, 2.45) is 0 Å². The average Bonchev–Trinajstić information content (AvgIpc) is 2.96. The second-order valence-corrected chi connectivity index (χ2v) is 4.70. The number of hydrogen-bond acceptors (Lipinski definition) is 4. The van der Waals surface area contributed by atoms with E-state index in [1.54, 1.807) is 24.3 Å². The van der Waals surface area contributed by atoms with Crippen LogP contribution in [-0.4, -0.2) is 38.3 Å². The van der Waals surface area contributed by atoms with E-state index in [2.05, 4.69) is 10.1 Å². The van der Waals surface area contributed by atoms with Crippen LogP contribution in [0.15, 0.2) is 36.9 Å². The van der Waals surface area contributed by atoms with Gasteiger partial charge in [0.15, 0.2) is 0 Å². The molecule has 2 rings (SSSR count). The molecule has 0 aliphatic carbocycles. The zero-order valence-corrected chi connectivity index (χ0v) is 11.8. The number of hydrogen-bond donors (Lipinski definition) is 1. The van der Waals surface area contributed by atoms with Crippen molar-refractivity contribution in [3.05, 3.63) is 41.9 Å². The molecule has 8 heteroatoms. The van der Waals surface area contributed by atoms with E-state index in [-0.39, 0.29) is 12.3 Å². The molecule has 0 atom stereocenters. The van der Waals surface area contributed by atoms with Crippen molar-refractivity contribution in [1.29, 1.82) is 0 Å². The number of carboxylic acids is 1. The second kappa shape index (κ2) is 6.85. The van der Waals surface area contributed by atoms with Crippen LogP contribution in [0.25, 0.3) is 0 Å². The number of aryl methyl sites for hydroxylation is 1. The second-order valence-electron chi connectivity index (χ2n) is 4.26. The van der Waals surface area contributed by atoms with Crippen LogP contribution in [0, 0.1) is 0 Å². The smallest absolute Gasteiger partial charge is 0.323 e. The molecule has 0 radical (unpaired) electrons. The topological polar surface area (TPSA) is 88.3 Å². The maximum absolute atomic E-state index is 12.2. The highest BCUT2D eigenvalue weighted by molar-refractivity contribution is 6.30. The van der Waals surface area contributed by atoms with E-state index in [9.17, 15) is 9.59 Å². The molecule has 1 heterocycles. The van der Waals surface area contributed by atoms with Crippen LogP contribution in [0.3, 0.4) is 0 Å². The van der Waals surface area contributed by atoms with Gasteiger partial charge in [-0.3, -0.25) is 14.3 Å². The molecule has 7 nitrogen and oxygen atoms in total. The van der Waals surface area contributed by atoms with E-state index >= 15 is 0 Å². The van der Waals surface area contributed by atoms with Gasteiger partial charge in [-0.05, 0) is 24.3 Å². The Hall–Kier alpha value is -2.41. The van der Waals surface area contributed by atoms with E-state index in [1.165, 1.54) is 22.2 Å². The van der Waals surface area contributed by atoms with E-state index in [4.69, 9.17) is 16.7 Å². The summed E-state index contributed by atoms with van der Waals surface area (Å²) in [5.74, 6) is -1.39. The van der Waals surface area contributed by atoms with Crippen molar-refractivity contribution in [2.45, 2.75) is 13.0 Å². The third-order valence-electron chi connectivity index (χ3n) is 2.75. The van der Waals surface area contributed by atoms with E-state index < -0.39 is 12.5 Å². The summed E-state index contributed by atoms with van der Waals surface area (Å²) in [6.07, 6.45) is 3.00. The molecular formula is C13H13ClN4O3. The standard InChI is InChI=1S/C13H13ClN4O3/c14-10-1-3-11(4-2-10)18(7-13(20)21)12(19)5-6-17-9-15-8-16-17/h1-4,8-9H,5-7H2,(H,20,21). The Morgan fingerprint density at radius 3 is 2.57 bits per heavy atom. The van der Waals surface area contributed by atoms with Crippen LogP contribution < -0.4 is 4.90 Å². The van der Waals surface area contributed by atoms with Crippen molar-refractivity contribution in [2.75, 3.05) is 11.4 Å². The molecule has 0 aliphatic heterocycles. The summed E-state index contributed by atoms with van der Waals surface area (Å²) < 4.78 is 1.51. The molecule has 0 bridgehead atoms. The van der Waals surface area contributed by atoms with Gasteiger partial charge in [-0.15, -0.1) is 0 Å². The minimum absolute atomic E-state index is 0.124. The van der Waals surface area contributed by atoms with Gasteiger partial charge in [-0.2, -0.15) is 5.10 Å². The minimum Gasteiger partial charge on any atom is -0.480 e. The maximum atomic E-state index is 12.2. The Morgan fingerprint density at radius 1 is 1.29 bits per heavy atom. The summed E-state index contributed by atoms with van der Waals surface area (Å²) in [5.41, 5.74) is 0.491. The molecular weight excluding hydrogens is 296 g/mol. The number of carboxylic acid groups (broad SMARTS) is 1. The fourth-order valence-corrected chi connectivity index (χ4v) is 1.90. The van der Waals surface area contributed by atoms with Gasteiger partial charge in [0.2, 0.25) is 5.91 Å². The minimum atomic E-state index is -1.08. The first-order valence-corrected chi connectivity index (χ1v) is 6.54. The third kappa shape index (κ3) is 4.28. The molecule has 1 N–H and O–H groups in total. The van der Waals surface area contributed by atoms with Crippen molar-refractivity contribution < 1.29 is 14.7 Å². The Balaban J connectivity index is 2.09. The molecule has 2 aromatic rings. The zero-order chi connectivity index (χ0) is 15.2. The summed E-state index contributed by atoms with van der Waals surface area (Å²) in [7, 11) is 0. The predicted molar refractivity (Wildman–Crippen MR) is 76.1 cm³/mol. The molecule has 0 aliphatic rings. The molecule has 110 valence electrons. The number of carbonyl (C=O) groups is 2. The highest BCUT2D eigenvalue weighted by Gasteiger charge is 2.18. The predicted octanol–water partition coefficient (Wildman–Crippen LogP) is 1.44. The van der Waals surface area contributed by atoms with Crippen LogP contribution in [0.4, 0.5) is 5.69 Å². The first kappa shape index (κ1) is 15.0. The van der Waals surface area contributed by atoms with Gasteiger partial charge < -0.3 is 10.0 Å². The molecule has 0 fully saturated rings. The van der Waals surface area contributed by atoms with E-state index in [0.717, 1.165) is 0 Å². The summed E-state index contributed by atoms with van der Waals surface area (Å²) in [5, 5.41) is 13.4. The van der Waals surface area contributed by atoms with Crippen molar-refractivity contribution in [1.82, 2.24) is 14.8 Å². The first-order valence-electron chi connectivity index (χ1n) is 6.16. The van der Waals surface area contributed by atoms with Crippen LogP contribution >= 0.6 is 11.6 Å². The van der Waals surface area contributed by atoms with Gasteiger partial charge in [0.1, 0.15) is 19.2 Å². The number of halogens is 1. The first-order chi connectivity index (χ1) is 10.1. The SMILES string of the molecule is O=C(O)CN(C(=O)CCn1cncn1)c1ccc(Cl)cc1. The number of benzene rings is 1. The summed E-state index contributed by atoms with van der Waals surface area (Å²) in [6.45, 7) is -0.0691. The summed E-state index contributed by atoms with van der Waals surface area (Å²) in [4.78, 5) is 28.2. The molecule has 1 aromatic heterocycles. The van der Waals surface area contributed by atoms with Crippen LogP contribution in [0.5, 0.6) is 0 Å². The number of anilines is 1. The molecule has 21 heavy (non-hydrogen) atoms. The van der Waals surface area contributed by atoms with Crippen LogP contribution in [-0.2, 0) is 16.1 Å². The Labute approximate surface area is 125 Å². The Kier molecular flexibility index (Phi) is 4.89. The lowest BCUT2D eigenvalue weighted by atomic mass is 10.2. The number of aliphatic carboxylic acids is 1. The summed E-state index contributed by atoms with van der Waals surface area (Å²) >= 11 is 5.79. The van der Waals surface area contributed by atoms with E-state index in [0.29, 0.717) is 17.3 Å². The molecule has 0 saturated heterocycles. The van der Waals surface area contributed by atoms with Crippen molar-refractivity contribution >= 4 is 29.2 Å². The average molecular weight is 309 g/mol. The monoisotopic (exact) mass is 308 g/mol. The van der Waals surface area contributed by atoms with Gasteiger partial charge in [-0.25, -0.2) is 4.98 Å². The van der Waals surface area contributed by atoms with E-state index in [1.807, 2.05) is 0 Å². The molecule has 0 spiro atoms. The fraction of sp³-hybridized carbons (Fsp3) is 0.231. The number of amides is 1. The number of rotatable bonds is 6.